The first-order chi connectivity index (χ1) is 10.2. The number of hydrogen-bond acceptors (Lipinski definition) is 3. The van der Waals surface area contributed by atoms with Crippen molar-refractivity contribution in [3.8, 4) is 5.75 Å². The van der Waals surface area contributed by atoms with Crippen molar-refractivity contribution in [2.45, 2.75) is 19.6 Å². The maximum Gasteiger partial charge on any atom is 0.407 e. The number of hydrogen-bond donors (Lipinski definition) is 1. The molecule has 0 bridgehead atoms. The van der Waals surface area contributed by atoms with Crippen LogP contribution in [0.2, 0.25) is 0 Å². The van der Waals surface area contributed by atoms with E-state index in [0.29, 0.717) is 19.7 Å². The van der Waals surface area contributed by atoms with Gasteiger partial charge in [-0.2, -0.15) is 0 Å². The Hall–Kier alpha value is -2.56. The Morgan fingerprint density at radius 1 is 1.24 bits per heavy atom. The molecule has 21 heavy (non-hydrogen) atoms. The molecule has 108 valence electrons. The lowest BCUT2D eigenvalue weighted by Gasteiger charge is -2.26. The molecule has 1 N–H and O–H groups in total. The van der Waals surface area contributed by atoms with Crippen molar-refractivity contribution in [2.75, 3.05) is 6.54 Å². The van der Waals surface area contributed by atoms with E-state index < -0.39 is 6.09 Å². The lowest BCUT2D eigenvalue weighted by atomic mass is 10.00. The Kier molecular flexibility index (Phi) is 3.73. The average molecular weight is 284 g/mol. The van der Waals surface area contributed by atoms with E-state index in [9.17, 15) is 4.79 Å². The summed E-state index contributed by atoms with van der Waals surface area (Å²) in [5, 5.41) is 9.07. The number of pyridine rings is 1. The summed E-state index contributed by atoms with van der Waals surface area (Å²) in [6.45, 7) is 1.46. The Morgan fingerprint density at radius 2 is 2.05 bits per heavy atom. The monoisotopic (exact) mass is 284 g/mol. The zero-order valence-electron chi connectivity index (χ0n) is 11.5. The number of carboxylic acid groups (broad SMARTS) is 1. The minimum atomic E-state index is -0.872. The highest BCUT2D eigenvalue weighted by molar-refractivity contribution is 5.65. The zero-order chi connectivity index (χ0) is 14.7. The lowest BCUT2D eigenvalue weighted by Crippen LogP contribution is -2.34. The van der Waals surface area contributed by atoms with Gasteiger partial charge in [0.05, 0.1) is 0 Å². The summed E-state index contributed by atoms with van der Waals surface area (Å²) in [7, 11) is 0. The number of rotatable bonds is 3. The normalized spacial score (nSPS) is 13.6. The number of nitrogens with zero attached hydrogens (tertiary/aromatic N) is 2. The third kappa shape index (κ3) is 3.13. The van der Waals surface area contributed by atoms with Crippen molar-refractivity contribution < 1.29 is 14.6 Å². The van der Waals surface area contributed by atoms with E-state index >= 15 is 0 Å². The van der Waals surface area contributed by atoms with Crippen LogP contribution in [0.4, 0.5) is 4.79 Å². The fourth-order valence-corrected chi connectivity index (χ4v) is 2.43. The van der Waals surface area contributed by atoms with Crippen LogP contribution in [0, 0.1) is 0 Å². The predicted octanol–water partition coefficient (Wildman–Crippen LogP) is 2.70. The first-order valence-electron chi connectivity index (χ1n) is 6.84. The molecular weight excluding hydrogens is 268 g/mol. The standard InChI is InChI=1S/C16H16N2O3/c19-16(20)18-8-5-13-1-2-15(9-14(13)10-18)21-11-12-3-6-17-7-4-12/h1-4,6-7,9H,5,8,10-11H2,(H,19,20). The van der Waals surface area contributed by atoms with Gasteiger partial charge in [0.15, 0.2) is 0 Å². The van der Waals surface area contributed by atoms with Gasteiger partial charge in [0.1, 0.15) is 12.4 Å². The van der Waals surface area contributed by atoms with Crippen LogP contribution in [-0.4, -0.2) is 27.6 Å². The molecule has 2 heterocycles. The van der Waals surface area contributed by atoms with Gasteiger partial charge in [0.25, 0.3) is 0 Å². The smallest absolute Gasteiger partial charge is 0.407 e. The molecule has 0 spiro atoms. The molecule has 2 aromatic rings. The van der Waals surface area contributed by atoms with Gasteiger partial charge in [-0.3, -0.25) is 4.98 Å². The summed E-state index contributed by atoms with van der Waals surface area (Å²) in [6, 6.07) is 9.72. The highest BCUT2D eigenvalue weighted by Crippen LogP contribution is 2.24. The van der Waals surface area contributed by atoms with E-state index in [1.165, 1.54) is 10.5 Å². The molecule has 1 aromatic heterocycles. The molecule has 0 aliphatic carbocycles. The van der Waals surface area contributed by atoms with Gasteiger partial charge in [0.2, 0.25) is 0 Å². The van der Waals surface area contributed by atoms with Gasteiger partial charge in [0, 0.05) is 25.5 Å². The number of carbonyl (C=O) groups is 1. The molecule has 0 radical (unpaired) electrons. The second kappa shape index (κ2) is 5.83. The van der Waals surface area contributed by atoms with Crippen molar-refractivity contribution >= 4 is 6.09 Å². The fraction of sp³-hybridized carbons (Fsp3) is 0.250. The molecule has 0 saturated heterocycles. The molecule has 3 rings (SSSR count). The summed E-state index contributed by atoms with van der Waals surface area (Å²) in [5.74, 6) is 0.762. The van der Waals surface area contributed by atoms with Gasteiger partial charge < -0.3 is 14.7 Å². The Bertz CT molecular complexity index is 643. The minimum absolute atomic E-state index is 0.428. The summed E-state index contributed by atoms with van der Waals surface area (Å²) in [4.78, 5) is 16.4. The van der Waals surface area contributed by atoms with Gasteiger partial charge in [-0.15, -0.1) is 0 Å². The molecule has 0 unspecified atom stereocenters. The van der Waals surface area contributed by atoms with Crippen LogP contribution >= 0.6 is 0 Å². The number of aromatic nitrogens is 1. The van der Waals surface area contributed by atoms with Gasteiger partial charge in [-0.1, -0.05) is 6.07 Å². The Morgan fingerprint density at radius 3 is 2.81 bits per heavy atom. The molecule has 0 saturated carbocycles. The van der Waals surface area contributed by atoms with Crippen LogP contribution in [0.15, 0.2) is 42.7 Å². The molecule has 1 aromatic carbocycles. The van der Waals surface area contributed by atoms with Crippen LogP contribution in [0.25, 0.3) is 0 Å². The van der Waals surface area contributed by atoms with Crippen LogP contribution in [0.5, 0.6) is 5.75 Å². The fourth-order valence-electron chi connectivity index (χ4n) is 2.43. The van der Waals surface area contributed by atoms with Crippen LogP contribution in [-0.2, 0) is 19.6 Å². The van der Waals surface area contributed by atoms with E-state index in [-0.39, 0.29) is 0 Å². The Balaban J connectivity index is 1.71. The molecule has 5 heteroatoms. The molecule has 0 atom stereocenters. The third-order valence-corrected chi connectivity index (χ3v) is 3.62. The van der Waals surface area contributed by atoms with E-state index in [2.05, 4.69) is 4.98 Å². The molecule has 1 aliphatic heterocycles. The molecule has 5 nitrogen and oxygen atoms in total. The SMILES string of the molecule is O=C(O)N1CCc2ccc(OCc3ccncc3)cc2C1. The number of amides is 1. The largest absolute Gasteiger partial charge is 0.489 e. The van der Waals surface area contributed by atoms with Crippen LogP contribution in [0.1, 0.15) is 16.7 Å². The van der Waals surface area contributed by atoms with E-state index in [0.717, 1.165) is 23.3 Å². The lowest BCUT2D eigenvalue weighted by molar-refractivity contribution is 0.140. The molecule has 1 amide bonds. The maximum absolute atomic E-state index is 11.0. The summed E-state index contributed by atoms with van der Waals surface area (Å²) >= 11 is 0. The van der Waals surface area contributed by atoms with Crippen molar-refractivity contribution in [3.63, 3.8) is 0 Å². The van der Waals surface area contributed by atoms with Crippen molar-refractivity contribution in [1.82, 2.24) is 9.88 Å². The summed E-state index contributed by atoms with van der Waals surface area (Å²) in [6.07, 6.45) is 3.35. The topological polar surface area (TPSA) is 62.7 Å². The van der Waals surface area contributed by atoms with E-state index in [1.807, 2.05) is 30.3 Å². The highest BCUT2D eigenvalue weighted by atomic mass is 16.5. The van der Waals surface area contributed by atoms with Crippen molar-refractivity contribution in [2.24, 2.45) is 0 Å². The summed E-state index contributed by atoms with van der Waals surface area (Å²) in [5.41, 5.74) is 3.27. The molecular formula is C16H16N2O3. The third-order valence-electron chi connectivity index (χ3n) is 3.62. The minimum Gasteiger partial charge on any atom is -0.489 e. The van der Waals surface area contributed by atoms with Crippen LogP contribution in [0.3, 0.4) is 0 Å². The van der Waals surface area contributed by atoms with Gasteiger partial charge >= 0.3 is 6.09 Å². The predicted molar refractivity (Wildman–Crippen MR) is 77.1 cm³/mol. The first kappa shape index (κ1) is 13.4. The quantitative estimate of drug-likeness (QED) is 0.941. The average Bonchev–Trinajstić information content (AvgIpc) is 2.53. The zero-order valence-corrected chi connectivity index (χ0v) is 11.5. The molecule has 1 aliphatic rings. The van der Waals surface area contributed by atoms with E-state index in [4.69, 9.17) is 9.84 Å². The van der Waals surface area contributed by atoms with Crippen molar-refractivity contribution in [1.29, 1.82) is 0 Å². The maximum atomic E-state index is 11.0. The summed E-state index contributed by atoms with van der Waals surface area (Å²) < 4.78 is 5.76. The van der Waals surface area contributed by atoms with Gasteiger partial charge in [-0.05, 0) is 47.4 Å². The number of benzene rings is 1. The second-order valence-corrected chi connectivity index (χ2v) is 5.03. The van der Waals surface area contributed by atoms with Crippen LogP contribution < -0.4 is 4.74 Å². The number of ether oxygens (including phenoxy) is 1. The van der Waals surface area contributed by atoms with E-state index in [1.54, 1.807) is 12.4 Å². The first-order valence-corrected chi connectivity index (χ1v) is 6.84. The van der Waals surface area contributed by atoms with Gasteiger partial charge in [-0.25, -0.2) is 4.79 Å². The highest BCUT2D eigenvalue weighted by Gasteiger charge is 2.20. The second-order valence-electron chi connectivity index (χ2n) is 5.03. The molecule has 0 fully saturated rings. The Labute approximate surface area is 122 Å². The number of fused-ring (bicyclic) bond motifs is 1. The van der Waals surface area contributed by atoms with Crippen molar-refractivity contribution in [3.05, 3.63) is 59.4 Å².